The van der Waals surface area contributed by atoms with Gasteiger partial charge in [-0.05, 0) is 55.0 Å². The largest absolute Gasteiger partial charge is 0.497 e. The third kappa shape index (κ3) is 4.98. The number of amides is 1. The van der Waals surface area contributed by atoms with Crippen LogP contribution in [-0.4, -0.2) is 44.6 Å². The van der Waals surface area contributed by atoms with Gasteiger partial charge in [0.05, 0.1) is 24.0 Å². The van der Waals surface area contributed by atoms with E-state index in [1.807, 2.05) is 10.8 Å². The lowest BCUT2D eigenvalue weighted by atomic mass is 10.2. The average Bonchev–Trinajstić information content (AvgIpc) is 3.29. The summed E-state index contributed by atoms with van der Waals surface area (Å²) in [7, 11) is -0.722. The van der Waals surface area contributed by atoms with Crippen LogP contribution in [-0.2, 0) is 16.6 Å². The molecule has 0 aliphatic heterocycles. The lowest BCUT2D eigenvalue weighted by Gasteiger charge is -2.20. The molecule has 30 heavy (non-hydrogen) atoms. The average molecular weight is 429 g/mol. The van der Waals surface area contributed by atoms with Crippen LogP contribution in [0.5, 0.6) is 5.75 Å². The van der Waals surface area contributed by atoms with Crippen molar-refractivity contribution in [3.8, 4) is 5.75 Å². The fourth-order valence-electron chi connectivity index (χ4n) is 2.85. The van der Waals surface area contributed by atoms with E-state index < -0.39 is 10.0 Å². The highest BCUT2D eigenvalue weighted by Gasteiger charge is 2.21. The van der Waals surface area contributed by atoms with Gasteiger partial charge in [0.1, 0.15) is 5.75 Å². The number of anilines is 1. The maximum Gasteiger partial charge on any atom is 0.264 e. The molecule has 1 aromatic heterocycles. The van der Waals surface area contributed by atoms with Gasteiger partial charge in [0.2, 0.25) is 0 Å². The Kier molecular flexibility index (Phi) is 6.73. The number of aromatic nitrogens is 2. The van der Waals surface area contributed by atoms with Crippen molar-refractivity contribution < 1.29 is 17.9 Å². The van der Waals surface area contributed by atoms with E-state index in [0.717, 1.165) is 13.0 Å². The molecule has 1 heterocycles. The van der Waals surface area contributed by atoms with E-state index >= 15 is 0 Å². The molecule has 1 N–H and O–H groups in total. The zero-order valence-corrected chi connectivity index (χ0v) is 17.7. The molecule has 2 aromatic carbocycles. The van der Waals surface area contributed by atoms with Crippen molar-refractivity contribution in [3.05, 3.63) is 72.8 Å². The second kappa shape index (κ2) is 9.45. The predicted molar refractivity (Wildman–Crippen MR) is 114 cm³/mol. The van der Waals surface area contributed by atoms with Crippen molar-refractivity contribution in [1.82, 2.24) is 14.9 Å². The molecular weight excluding hydrogens is 404 g/mol. The number of benzene rings is 2. The van der Waals surface area contributed by atoms with Crippen molar-refractivity contribution in [1.29, 1.82) is 0 Å². The minimum absolute atomic E-state index is 0.158. The summed E-state index contributed by atoms with van der Waals surface area (Å²) in [6, 6.07) is 12.6. The van der Waals surface area contributed by atoms with Gasteiger partial charge in [-0.1, -0.05) is 0 Å². The number of nitrogens with one attached hydrogen (secondary N) is 1. The lowest BCUT2D eigenvalue weighted by Crippen LogP contribution is -2.27. The molecule has 1 amide bonds. The minimum Gasteiger partial charge on any atom is -0.497 e. The molecule has 0 spiro atoms. The minimum atomic E-state index is -3.72. The van der Waals surface area contributed by atoms with E-state index in [1.165, 1.54) is 30.6 Å². The lowest BCUT2D eigenvalue weighted by molar-refractivity contribution is 0.0952. The highest BCUT2D eigenvalue weighted by molar-refractivity contribution is 7.92. The standard InChI is InChI=1S/C21H24N4O4S/c1-24(30(27,28)20-10-8-19(29-2)9-11-20)18-6-4-17(5-7-18)21(26)23-12-3-14-25-15-13-22-16-25/h4-11,13,15-16H,3,12,14H2,1-2H3,(H,23,26). The van der Waals surface area contributed by atoms with E-state index in [-0.39, 0.29) is 10.8 Å². The van der Waals surface area contributed by atoms with Gasteiger partial charge in [0.15, 0.2) is 0 Å². The number of carbonyl (C=O) groups excluding carboxylic acids is 1. The molecule has 9 heteroatoms. The van der Waals surface area contributed by atoms with Crippen LogP contribution >= 0.6 is 0 Å². The van der Waals surface area contributed by atoms with Crippen molar-refractivity contribution in [2.45, 2.75) is 17.9 Å². The Hall–Kier alpha value is -3.33. The number of rotatable bonds is 9. The number of aryl methyl sites for hydroxylation is 1. The van der Waals surface area contributed by atoms with E-state index in [2.05, 4.69) is 10.3 Å². The Balaban J connectivity index is 1.60. The van der Waals surface area contributed by atoms with Crippen LogP contribution in [0.15, 0.2) is 72.1 Å². The second-order valence-corrected chi connectivity index (χ2v) is 8.57. The van der Waals surface area contributed by atoms with Crippen LogP contribution in [0.25, 0.3) is 0 Å². The number of imidazole rings is 1. The maximum absolute atomic E-state index is 12.8. The monoisotopic (exact) mass is 428 g/mol. The highest BCUT2D eigenvalue weighted by atomic mass is 32.2. The molecule has 3 aromatic rings. The van der Waals surface area contributed by atoms with Gasteiger partial charge in [-0.25, -0.2) is 13.4 Å². The fourth-order valence-corrected chi connectivity index (χ4v) is 4.05. The number of methoxy groups -OCH3 is 1. The number of carbonyl (C=O) groups is 1. The maximum atomic E-state index is 12.8. The van der Waals surface area contributed by atoms with Crippen molar-refractivity contribution >= 4 is 21.6 Å². The Labute approximate surface area is 176 Å². The van der Waals surface area contributed by atoms with Crippen LogP contribution < -0.4 is 14.4 Å². The molecule has 0 atom stereocenters. The van der Waals surface area contributed by atoms with E-state index in [1.54, 1.807) is 48.9 Å². The molecule has 0 fully saturated rings. The molecule has 3 rings (SSSR count). The van der Waals surface area contributed by atoms with Gasteiger partial charge < -0.3 is 14.6 Å². The summed E-state index contributed by atoms with van der Waals surface area (Å²) < 4.78 is 33.8. The number of hydrogen-bond donors (Lipinski definition) is 1. The first-order valence-electron chi connectivity index (χ1n) is 9.39. The predicted octanol–water partition coefficient (Wildman–Crippen LogP) is 2.54. The van der Waals surface area contributed by atoms with Gasteiger partial charge in [-0.15, -0.1) is 0 Å². The summed E-state index contributed by atoms with van der Waals surface area (Å²) in [5.41, 5.74) is 0.930. The van der Waals surface area contributed by atoms with E-state index in [0.29, 0.717) is 23.5 Å². The molecule has 0 unspecified atom stereocenters. The van der Waals surface area contributed by atoms with E-state index in [9.17, 15) is 13.2 Å². The van der Waals surface area contributed by atoms with Gasteiger partial charge >= 0.3 is 0 Å². The van der Waals surface area contributed by atoms with Gasteiger partial charge in [-0.3, -0.25) is 9.10 Å². The Morgan fingerprint density at radius 3 is 2.43 bits per heavy atom. The van der Waals surface area contributed by atoms with Crippen LogP contribution in [0, 0.1) is 0 Å². The van der Waals surface area contributed by atoms with Crippen LogP contribution in [0.3, 0.4) is 0 Å². The molecule has 0 aliphatic carbocycles. The normalized spacial score (nSPS) is 11.1. The second-order valence-electron chi connectivity index (χ2n) is 6.60. The van der Waals surface area contributed by atoms with Crippen LogP contribution in [0.1, 0.15) is 16.8 Å². The Morgan fingerprint density at radius 1 is 1.13 bits per heavy atom. The number of hydrogen-bond acceptors (Lipinski definition) is 5. The quantitative estimate of drug-likeness (QED) is 0.529. The summed E-state index contributed by atoms with van der Waals surface area (Å²) in [4.78, 5) is 16.4. The summed E-state index contributed by atoms with van der Waals surface area (Å²) >= 11 is 0. The molecule has 0 radical (unpaired) electrons. The topological polar surface area (TPSA) is 93.5 Å². The molecule has 0 saturated carbocycles. The van der Waals surface area contributed by atoms with Crippen molar-refractivity contribution in [2.24, 2.45) is 0 Å². The smallest absolute Gasteiger partial charge is 0.264 e. The van der Waals surface area contributed by atoms with Crippen LogP contribution in [0.4, 0.5) is 5.69 Å². The Bertz CT molecular complexity index is 1060. The number of nitrogens with zero attached hydrogens (tertiary/aromatic N) is 3. The number of ether oxygens (including phenoxy) is 1. The molecule has 0 saturated heterocycles. The third-order valence-corrected chi connectivity index (χ3v) is 6.45. The molecular formula is C21H24N4O4S. The first-order valence-corrected chi connectivity index (χ1v) is 10.8. The molecule has 0 bridgehead atoms. The number of sulfonamides is 1. The summed E-state index contributed by atoms with van der Waals surface area (Å²) in [5, 5.41) is 2.86. The first kappa shape index (κ1) is 21.4. The van der Waals surface area contributed by atoms with Gasteiger partial charge in [-0.2, -0.15) is 0 Å². The fraction of sp³-hybridized carbons (Fsp3) is 0.238. The van der Waals surface area contributed by atoms with Crippen molar-refractivity contribution in [2.75, 3.05) is 25.0 Å². The third-order valence-electron chi connectivity index (χ3n) is 4.65. The molecule has 8 nitrogen and oxygen atoms in total. The Morgan fingerprint density at radius 2 is 1.83 bits per heavy atom. The summed E-state index contributed by atoms with van der Waals surface area (Å²) in [6.07, 6.45) is 6.10. The van der Waals surface area contributed by atoms with Gasteiger partial charge in [0, 0.05) is 38.1 Å². The first-order chi connectivity index (χ1) is 14.4. The van der Waals surface area contributed by atoms with Crippen LogP contribution in [0.2, 0.25) is 0 Å². The van der Waals surface area contributed by atoms with E-state index in [4.69, 9.17) is 4.74 Å². The molecule has 0 aliphatic rings. The summed E-state index contributed by atoms with van der Waals surface area (Å²) in [5.74, 6) is 0.379. The zero-order chi connectivity index (χ0) is 21.6. The zero-order valence-electron chi connectivity index (χ0n) is 16.9. The highest BCUT2D eigenvalue weighted by Crippen LogP contribution is 2.24. The van der Waals surface area contributed by atoms with Crippen molar-refractivity contribution in [3.63, 3.8) is 0 Å². The summed E-state index contributed by atoms with van der Waals surface area (Å²) in [6.45, 7) is 1.30. The van der Waals surface area contributed by atoms with Gasteiger partial charge in [0.25, 0.3) is 15.9 Å². The SMILES string of the molecule is COc1ccc(S(=O)(=O)N(C)c2ccc(C(=O)NCCCn3ccnc3)cc2)cc1. The molecule has 158 valence electrons.